The van der Waals surface area contributed by atoms with Crippen molar-refractivity contribution in [1.82, 2.24) is 0 Å². The van der Waals surface area contributed by atoms with E-state index in [9.17, 15) is 9.59 Å². The van der Waals surface area contributed by atoms with E-state index in [0.29, 0.717) is 17.5 Å². The SMILES string of the molecule is CCCC(=O)c1cccc(Cl)c1OC(=O)c1ccccc1. The monoisotopic (exact) mass is 302 g/mol. The standard InChI is InChI=1S/C17H15ClO3/c1-2-7-15(19)13-10-6-11-14(18)16(13)21-17(20)12-8-4-3-5-9-12/h3-6,8-11H,2,7H2,1H3. The lowest BCUT2D eigenvalue weighted by Crippen LogP contribution is -2.12. The van der Waals surface area contributed by atoms with Crippen molar-refractivity contribution in [2.75, 3.05) is 0 Å². The van der Waals surface area contributed by atoms with Gasteiger partial charge in [0.25, 0.3) is 0 Å². The van der Waals surface area contributed by atoms with Crippen LogP contribution in [0.25, 0.3) is 0 Å². The highest BCUT2D eigenvalue weighted by molar-refractivity contribution is 6.33. The third kappa shape index (κ3) is 3.70. The Balaban J connectivity index is 2.31. The minimum absolute atomic E-state index is 0.0872. The molecule has 0 aliphatic rings. The van der Waals surface area contributed by atoms with Crippen LogP contribution in [-0.2, 0) is 0 Å². The molecule has 0 N–H and O–H groups in total. The molecule has 0 bridgehead atoms. The van der Waals surface area contributed by atoms with Crippen LogP contribution in [0.2, 0.25) is 5.02 Å². The average molecular weight is 303 g/mol. The molecule has 0 aromatic heterocycles. The van der Waals surface area contributed by atoms with Crippen molar-refractivity contribution in [3.8, 4) is 5.75 Å². The Labute approximate surface area is 128 Å². The molecule has 4 heteroatoms. The summed E-state index contributed by atoms with van der Waals surface area (Å²) in [6.07, 6.45) is 1.10. The lowest BCUT2D eigenvalue weighted by molar-refractivity contribution is 0.0732. The van der Waals surface area contributed by atoms with Crippen molar-refractivity contribution in [2.24, 2.45) is 0 Å². The molecule has 0 aliphatic carbocycles. The van der Waals surface area contributed by atoms with Crippen LogP contribution in [0.3, 0.4) is 0 Å². The smallest absolute Gasteiger partial charge is 0.343 e. The van der Waals surface area contributed by atoms with Gasteiger partial charge in [0.15, 0.2) is 11.5 Å². The van der Waals surface area contributed by atoms with E-state index in [1.807, 2.05) is 13.0 Å². The zero-order valence-electron chi connectivity index (χ0n) is 11.6. The quantitative estimate of drug-likeness (QED) is 0.462. The Morgan fingerprint density at radius 2 is 1.76 bits per heavy atom. The molecule has 0 saturated carbocycles. The van der Waals surface area contributed by atoms with Gasteiger partial charge in [-0.2, -0.15) is 0 Å². The van der Waals surface area contributed by atoms with E-state index in [4.69, 9.17) is 16.3 Å². The highest BCUT2D eigenvalue weighted by Crippen LogP contribution is 2.30. The Morgan fingerprint density at radius 1 is 1.05 bits per heavy atom. The summed E-state index contributed by atoms with van der Waals surface area (Å²) in [6, 6.07) is 13.5. The molecule has 2 rings (SSSR count). The summed E-state index contributed by atoms with van der Waals surface area (Å²) >= 11 is 6.08. The Kier molecular flexibility index (Phi) is 5.12. The predicted octanol–water partition coefficient (Wildman–Crippen LogP) is 4.54. The molecular formula is C17H15ClO3. The largest absolute Gasteiger partial charge is 0.421 e. The van der Waals surface area contributed by atoms with Gasteiger partial charge in [0.1, 0.15) is 0 Å². The van der Waals surface area contributed by atoms with Crippen molar-refractivity contribution >= 4 is 23.4 Å². The molecule has 2 aromatic rings. The Bertz CT molecular complexity index is 650. The maximum Gasteiger partial charge on any atom is 0.343 e. The molecule has 0 unspecified atom stereocenters. The summed E-state index contributed by atoms with van der Waals surface area (Å²) in [5.74, 6) is -0.489. The lowest BCUT2D eigenvalue weighted by atomic mass is 10.1. The summed E-state index contributed by atoms with van der Waals surface area (Å²) in [6.45, 7) is 1.91. The maximum atomic E-state index is 12.1. The van der Waals surface area contributed by atoms with Gasteiger partial charge in [-0.15, -0.1) is 0 Å². The number of halogens is 1. The highest BCUT2D eigenvalue weighted by atomic mass is 35.5. The van der Waals surface area contributed by atoms with Gasteiger partial charge < -0.3 is 4.74 Å². The number of hydrogen-bond acceptors (Lipinski definition) is 3. The molecule has 0 spiro atoms. The number of ether oxygens (including phenoxy) is 1. The minimum atomic E-state index is -0.533. The number of benzene rings is 2. The number of para-hydroxylation sites is 1. The van der Waals surface area contributed by atoms with Crippen LogP contribution in [0.1, 0.15) is 40.5 Å². The summed E-state index contributed by atoms with van der Waals surface area (Å²) in [4.78, 5) is 24.2. The van der Waals surface area contributed by atoms with E-state index in [1.165, 1.54) is 0 Å². The molecule has 2 aromatic carbocycles. The van der Waals surface area contributed by atoms with Gasteiger partial charge in [0.05, 0.1) is 16.1 Å². The van der Waals surface area contributed by atoms with E-state index < -0.39 is 5.97 Å². The van der Waals surface area contributed by atoms with Crippen LogP contribution in [0.15, 0.2) is 48.5 Å². The number of hydrogen-bond donors (Lipinski definition) is 0. The molecular weight excluding hydrogens is 288 g/mol. The molecule has 21 heavy (non-hydrogen) atoms. The molecule has 0 aliphatic heterocycles. The first kappa shape index (κ1) is 15.3. The zero-order valence-corrected chi connectivity index (χ0v) is 12.4. The fourth-order valence-corrected chi connectivity index (χ4v) is 2.13. The second-order valence-electron chi connectivity index (χ2n) is 4.55. The van der Waals surface area contributed by atoms with Crippen molar-refractivity contribution in [3.63, 3.8) is 0 Å². The van der Waals surface area contributed by atoms with E-state index in [2.05, 4.69) is 0 Å². The zero-order chi connectivity index (χ0) is 15.2. The highest BCUT2D eigenvalue weighted by Gasteiger charge is 2.18. The third-order valence-electron chi connectivity index (χ3n) is 2.95. The number of esters is 1. The molecule has 108 valence electrons. The molecule has 0 saturated heterocycles. The molecule has 0 radical (unpaired) electrons. The van der Waals surface area contributed by atoms with Crippen LogP contribution in [0.5, 0.6) is 5.75 Å². The summed E-state index contributed by atoms with van der Waals surface area (Å²) in [7, 11) is 0. The van der Waals surface area contributed by atoms with Crippen molar-refractivity contribution in [1.29, 1.82) is 0 Å². The minimum Gasteiger partial charge on any atom is -0.421 e. The second kappa shape index (κ2) is 7.04. The van der Waals surface area contributed by atoms with Gasteiger partial charge >= 0.3 is 5.97 Å². The van der Waals surface area contributed by atoms with Crippen LogP contribution in [0.4, 0.5) is 0 Å². The van der Waals surface area contributed by atoms with Crippen LogP contribution in [0, 0.1) is 0 Å². The van der Waals surface area contributed by atoms with Crippen molar-refractivity contribution in [2.45, 2.75) is 19.8 Å². The van der Waals surface area contributed by atoms with E-state index in [0.717, 1.165) is 6.42 Å². The average Bonchev–Trinajstić information content (AvgIpc) is 2.50. The Hall–Kier alpha value is -2.13. The van der Waals surface area contributed by atoms with E-state index >= 15 is 0 Å². The molecule has 0 amide bonds. The number of carbonyl (C=O) groups excluding carboxylic acids is 2. The van der Waals surface area contributed by atoms with E-state index in [-0.39, 0.29) is 16.6 Å². The van der Waals surface area contributed by atoms with Gasteiger partial charge in [0.2, 0.25) is 0 Å². The van der Waals surface area contributed by atoms with Crippen LogP contribution >= 0.6 is 11.6 Å². The van der Waals surface area contributed by atoms with Gasteiger partial charge in [-0.25, -0.2) is 4.79 Å². The number of ketones is 1. The first-order chi connectivity index (χ1) is 10.1. The summed E-state index contributed by atoms with van der Waals surface area (Å²) in [5, 5.41) is 0.251. The van der Waals surface area contributed by atoms with Crippen molar-refractivity contribution < 1.29 is 14.3 Å². The molecule has 0 fully saturated rings. The first-order valence-electron chi connectivity index (χ1n) is 6.72. The fourth-order valence-electron chi connectivity index (χ4n) is 1.92. The molecule has 0 atom stereocenters. The lowest BCUT2D eigenvalue weighted by Gasteiger charge is -2.11. The van der Waals surface area contributed by atoms with Gasteiger partial charge in [-0.1, -0.05) is 42.8 Å². The normalized spacial score (nSPS) is 10.2. The topological polar surface area (TPSA) is 43.4 Å². The van der Waals surface area contributed by atoms with Crippen LogP contribution in [-0.4, -0.2) is 11.8 Å². The number of Topliss-reactive ketones (excluding diaryl/α,β-unsaturated/α-hetero) is 1. The molecule has 3 nitrogen and oxygen atoms in total. The Morgan fingerprint density at radius 3 is 2.43 bits per heavy atom. The first-order valence-corrected chi connectivity index (χ1v) is 7.10. The number of rotatable bonds is 5. The summed E-state index contributed by atoms with van der Waals surface area (Å²) < 4.78 is 5.34. The third-order valence-corrected chi connectivity index (χ3v) is 3.25. The van der Waals surface area contributed by atoms with Gasteiger partial charge in [-0.3, -0.25) is 4.79 Å². The fraction of sp³-hybridized carbons (Fsp3) is 0.176. The van der Waals surface area contributed by atoms with Crippen LogP contribution < -0.4 is 4.74 Å². The maximum absolute atomic E-state index is 12.1. The summed E-state index contributed by atoms with van der Waals surface area (Å²) in [5.41, 5.74) is 0.750. The van der Waals surface area contributed by atoms with E-state index in [1.54, 1.807) is 42.5 Å². The van der Waals surface area contributed by atoms with Crippen molar-refractivity contribution in [3.05, 3.63) is 64.7 Å². The van der Waals surface area contributed by atoms with Gasteiger partial charge in [0, 0.05) is 6.42 Å². The van der Waals surface area contributed by atoms with Gasteiger partial charge in [-0.05, 0) is 30.7 Å². The number of carbonyl (C=O) groups is 2. The second-order valence-corrected chi connectivity index (χ2v) is 4.95. The predicted molar refractivity (Wildman–Crippen MR) is 82.1 cm³/mol. The molecule has 0 heterocycles.